The Hall–Kier alpha value is -2.81. The van der Waals surface area contributed by atoms with Crippen molar-refractivity contribution in [2.75, 3.05) is 44.7 Å². The number of halogens is 1. The molecule has 0 saturated heterocycles. The van der Waals surface area contributed by atoms with Crippen LogP contribution in [0.25, 0.3) is 22.3 Å². The fourth-order valence-electron chi connectivity index (χ4n) is 3.66. The van der Waals surface area contributed by atoms with Gasteiger partial charge in [0.25, 0.3) is 5.56 Å². The van der Waals surface area contributed by atoms with Crippen molar-refractivity contribution in [2.45, 2.75) is 32.6 Å². The van der Waals surface area contributed by atoms with Crippen LogP contribution in [0.2, 0.25) is 0 Å². The molecule has 0 saturated carbocycles. The number of nitrogens with one attached hydrogen (secondary N) is 3. The molecule has 0 fully saturated rings. The first-order valence-corrected chi connectivity index (χ1v) is 11.7. The molecule has 0 aliphatic rings. The third-order valence-corrected chi connectivity index (χ3v) is 5.42. The average molecular weight is 455 g/mol. The first-order valence-electron chi connectivity index (χ1n) is 11.7. The Morgan fingerprint density at radius 3 is 2.39 bits per heavy atom. The maximum absolute atomic E-state index is 13.8. The number of aryl methyl sites for hydroxylation is 1. The van der Waals surface area contributed by atoms with E-state index in [0.717, 1.165) is 69.5 Å². The van der Waals surface area contributed by atoms with Gasteiger partial charge in [-0.15, -0.1) is 0 Å². The van der Waals surface area contributed by atoms with Gasteiger partial charge in [0, 0.05) is 12.1 Å². The summed E-state index contributed by atoms with van der Waals surface area (Å²) in [6.45, 7) is 7.13. The highest BCUT2D eigenvalue weighted by atomic mass is 19.1. The molecule has 0 unspecified atom stereocenters. The molecule has 1 heterocycles. The summed E-state index contributed by atoms with van der Waals surface area (Å²) in [6, 6.07) is 12.0. The summed E-state index contributed by atoms with van der Waals surface area (Å²) in [5.74, 6) is 0.0768. The van der Waals surface area contributed by atoms with E-state index in [2.05, 4.69) is 21.0 Å². The molecular weight excluding hydrogens is 419 g/mol. The van der Waals surface area contributed by atoms with Crippen LogP contribution >= 0.6 is 0 Å². The van der Waals surface area contributed by atoms with Crippen LogP contribution in [0.5, 0.6) is 0 Å². The van der Waals surface area contributed by atoms with Crippen molar-refractivity contribution < 1.29 is 4.39 Å². The highest BCUT2D eigenvalue weighted by Crippen LogP contribution is 2.20. The minimum atomic E-state index is -0.449. The van der Waals surface area contributed by atoms with Crippen molar-refractivity contribution in [3.8, 4) is 11.4 Å². The predicted octanol–water partition coefficient (Wildman–Crippen LogP) is 2.75. The fraction of sp³-hybridized carbons (Fsp3) is 0.440. The number of rotatable bonds is 14. The van der Waals surface area contributed by atoms with Gasteiger partial charge >= 0.3 is 0 Å². The number of unbranched alkanes of at least 4 members (excludes halogenated alkanes) is 1. The van der Waals surface area contributed by atoms with Gasteiger partial charge in [-0.1, -0.05) is 23.8 Å². The second kappa shape index (κ2) is 13.0. The zero-order chi connectivity index (χ0) is 23.5. The molecule has 3 rings (SSSR count). The molecule has 0 aliphatic carbocycles. The largest absolute Gasteiger partial charge is 0.330 e. The zero-order valence-corrected chi connectivity index (χ0v) is 19.4. The molecule has 0 bridgehead atoms. The van der Waals surface area contributed by atoms with Gasteiger partial charge in [0.1, 0.15) is 5.82 Å². The van der Waals surface area contributed by atoms with Crippen LogP contribution in [-0.2, 0) is 0 Å². The molecule has 33 heavy (non-hydrogen) atoms. The number of fused-ring (bicyclic) bond motifs is 1. The van der Waals surface area contributed by atoms with E-state index >= 15 is 0 Å². The lowest BCUT2D eigenvalue weighted by Gasteiger charge is -2.16. The van der Waals surface area contributed by atoms with Gasteiger partial charge in [-0.25, -0.2) is 14.1 Å². The lowest BCUT2D eigenvalue weighted by Crippen LogP contribution is -2.33. The fourth-order valence-corrected chi connectivity index (χ4v) is 3.66. The smallest absolute Gasteiger partial charge is 0.280 e. The molecule has 7 nitrogen and oxygen atoms in total. The minimum absolute atomic E-state index is 0.261. The van der Waals surface area contributed by atoms with Crippen LogP contribution in [0, 0.1) is 12.7 Å². The highest BCUT2D eigenvalue weighted by molar-refractivity contribution is 5.80. The minimum Gasteiger partial charge on any atom is -0.330 e. The Kier molecular flexibility index (Phi) is 9.80. The Morgan fingerprint density at radius 2 is 1.67 bits per heavy atom. The molecule has 8 heteroatoms. The molecule has 0 spiro atoms. The van der Waals surface area contributed by atoms with Gasteiger partial charge in [-0.05, 0) is 89.6 Å². The summed E-state index contributed by atoms with van der Waals surface area (Å²) in [5.41, 5.74) is 10.8. The summed E-state index contributed by atoms with van der Waals surface area (Å²) in [6.07, 6.45) is 4.10. The second-order valence-electron chi connectivity index (χ2n) is 8.22. The Morgan fingerprint density at radius 1 is 0.939 bits per heavy atom. The lowest BCUT2D eigenvalue weighted by atomic mass is 10.1. The van der Waals surface area contributed by atoms with Crippen LogP contribution in [0.4, 0.5) is 4.39 Å². The third kappa shape index (κ3) is 7.35. The first-order chi connectivity index (χ1) is 16.1. The Balaban J connectivity index is 1.57. The summed E-state index contributed by atoms with van der Waals surface area (Å²) in [7, 11) is 0. The van der Waals surface area contributed by atoms with Crippen LogP contribution in [0.15, 0.2) is 47.3 Å². The summed E-state index contributed by atoms with van der Waals surface area (Å²) < 4.78 is 15.2. The maximum atomic E-state index is 13.8. The Bertz CT molecular complexity index is 1080. The predicted molar refractivity (Wildman–Crippen MR) is 134 cm³/mol. The molecule has 0 radical (unpaired) electrons. The molecule has 0 amide bonds. The molecular formula is C25H35FN6O. The van der Waals surface area contributed by atoms with Gasteiger partial charge in [0.05, 0.1) is 10.9 Å². The normalized spacial score (nSPS) is 11.2. The number of hydrogen-bond acceptors (Lipinski definition) is 6. The number of nitrogens with zero attached hydrogens (tertiary/aromatic N) is 2. The van der Waals surface area contributed by atoms with E-state index in [4.69, 9.17) is 5.73 Å². The van der Waals surface area contributed by atoms with Crippen molar-refractivity contribution in [3.05, 3.63) is 64.2 Å². The van der Waals surface area contributed by atoms with E-state index in [1.165, 1.54) is 16.8 Å². The Labute approximate surface area is 194 Å². The van der Waals surface area contributed by atoms with Crippen molar-refractivity contribution in [3.63, 3.8) is 0 Å². The van der Waals surface area contributed by atoms with Gasteiger partial charge in [-0.3, -0.25) is 4.79 Å². The van der Waals surface area contributed by atoms with Crippen molar-refractivity contribution in [1.82, 2.24) is 20.3 Å². The van der Waals surface area contributed by atoms with Crippen molar-refractivity contribution in [2.24, 2.45) is 5.73 Å². The van der Waals surface area contributed by atoms with E-state index < -0.39 is 5.82 Å². The van der Waals surface area contributed by atoms with Gasteiger partial charge in [0.15, 0.2) is 5.82 Å². The average Bonchev–Trinajstić information content (AvgIpc) is 2.81. The highest BCUT2D eigenvalue weighted by Gasteiger charge is 2.13. The molecule has 1 aromatic heterocycles. The van der Waals surface area contributed by atoms with Crippen LogP contribution in [0.3, 0.4) is 0 Å². The monoisotopic (exact) mass is 454 g/mol. The van der Waals surface area contributed by atoms with Gasteiger partial charge in [-0.2, -0.15) is 0 Å². The molecule has 0 aliphatic heterocycles. The van der Waals surface area contributed by atoms with Crippen LogP contribution in [0.1, 0.15) is 31.2 Å². The van der Waals surface area contributed by atoms with E-state index in [1.54, 1.807) is 6.07 Å². The van der Waals surface area contributed by atoms with Crippen molar-refractivity contribution >= 4 is 10.9 Å². The molecule has 178 valence electrons. The number of benzene rings is 2. The summed E-state index contributed by atoms with van der Waals surface area (Å²) in [5, 5.41) is 7.08. The van der Waals surface area contributed by atoms with Crippen molar-refractivity contribution in [1.29, 1.82) is 0 Å². The molecule has 5 N–H and O–H groups in total. The third-order valence-electron chi connectivity index (χ3n) is 5.42. The molecule has 0 atom stereocenters. The van der Waals surface area contributed by atoms with E-state index in [0.29, 0.717) is 17.9 Å². The van der Waals surface area contributed by atoms with Gasteiger partial charge in [0.2, 0.25) is 0 Å². The number of hydrogen-bond donors (Lipinski definition) is 4. The number of nitrogens with two attached hydrogens (primary N) is 1. The summed E-state index contributed by atoms with van der Waals surface area (Å²) in [4.78, 5) is 17.8. The lowest BCUT2D eigenvalue weighted by molar-refractivity contribution is 0.569. The quantitative estimate of drug-likeness (QED) is 0.280. The van der Waals surface area contributed by atoms with Crippen LogP contribution in [-0.4, -0.2) is 48.9 Å². The first kappa shape index (κ1) is 24.8. The second-order valence-corrected chi connectivity index (χ2v) is 8.22. The van der Waals surface area contributed by atoms with E-state index in [9.17, 15) is 9.18 Å². The van der Waals surface area contributed by atoms with Crippen LogP contribution < -0.4 is 27.4 Å². The topological polar surface area (TPSA) is 97.0 Å². The van der Waals surface area contributed by atoms with E-state index in [-0.39, 0.29) is 10.9 Å². The molecule has 3 aromatic rings. The zero-order valence-electron chi connectivity index (χ0n) is 19.4. The number of aromatic nitrogens is 2. The standard InChI is InChI=1S/C25H35FN6O/c1-19-7-4-8-20(17-19)24-31-23-10-9-21(26)18-22(23)25(33)32(24)30-16-6-15-29-13-3-2-12-28-14-5-11-27/h4,7-10,17-18,28-30H,2-3,5-6,11-16,27H2,1H3. The molecule has 2 aromatic carbocycles. The summed E-state index contributed by atoms with van der Waals surface area (Å²) >= 11 is 0. The van der Waals surface area contributed by atoms with Gasteiger partial charge < -0.3 is 21.8 Å². The van der Waals surface area contributed by atoms with E-state index in [1.807, 2.05) is 31.2 Å². The maximum Gasteiger partial charge on any atom is 0.280 e. The SMILES string of the molecule is Cc1cccc(-c2nc3ccc(F)cc3c(=O)n2NCCCNCCCCNCCCN)c1.